The molecule has 0 aromatic heterocycles. The first-order valence-electron chi connectivity index (χ1n) is 9.41. The molecule has 2 heteroatoms. The van der Waals surface area contributed by atoms with E-state index in [0.29, 0.717) is 11.8 Å². The summed E-state index contributed by atoms with van der Waals surface area (Å²) in [6, 6.07) is 4.48. The third-order valence-electron chi connectivity index (χ3n) is 7.30. The van der Waals surface area contributed by atoms with Gasteiger partial charge in [-0.25, -0.2) is 0 Å². The zero-order chi connectivity index (χ0) is 17.1. The molecular formula is C22H28O2. The highest BCUT2D eigenvalue weighted by atomic mass is 16.3. The van der Waals surface area contributed by atoms with Gasteiger partial charge in [-0.1, -0.05) is 37.6 Å². The van der Waals surface area contributed by atoms with E-state index >= 15 is 0 Å². The Morgan fingerprint density at radius 1 is 1.33 bits per heavy atom. The van der Waals surface area contributed by atoms with Gasteiger partial charge in [0.15, 0.2) is 0 Å². The summed E-state index contributed by atoms with van der Waals surface area (Å²) in [5.41, 5.74) is 7.28. The normalized spacial score (nSPS) is 35.5. The molecule has 3 aliphatic carbocycles. The lowest BCUT2D eigenvalue weighted by atomic mass is 9.57. The van der Waals surface area contributed by atoms with E-state index in [1.807, 2.05) is 6.92 Å². The predicted octanol–water partition coefficient (Wildman–Crippen LogP) is 4.43. The number of hydrogen-bond acceptors (Lipinski definition) is 2. The molecule has 1 fully saturated rings. The van der Waals surface area contributed by atoms with Crippen molar-refractivity contribution in [3.8, 4) is 0 Å². The molecule has 0 bridgehead atoms. The lowest BCUT2D eigenvalue weighted by Crippen LogP contribution is -2.40. The highest BCUT2D eigenvalue weighted by Crippen LogP contribution is 2.59. The summed E-state index contributed by atoms with van der Waals surface area (Å²) in [5, 5.41) is 10.1. The zero-order valence-electron chi connectivity index (χ0n) is 15.0. The predicted molar refractivity (Wildman–Crippen MR) is 96.3 cm³/mol. The minimum absolute atomic E-state index is 0.0213. The van der Waals surface area contributed by atoms with Crippen molar-refractivity contribution in [2.75, 3.05) is 0 Å². The number of aliphatic hydroxyl groups excluding tert-OH is 1. The van der Waals surface area contributed by atoms with Gasteiger partial charge >= 0.3 is 0 Å². The summed E-state index contributed by atoms with van der Waals surface area (Å²) in [6.45, 7) is 6.62. The lowest BCUT2D eigenvalue weighted by Gasteiger charge is -2.48. The minimum Gasteiger partial charge on any atom is -0.393 e. The van der Waals surface area contributed by atoms with Crippen LogP contribution in [0.1, 0.15) is 73.6 Å². The van der Waals surface area contributed by atoms with Crippen LogP contribution in [-0.4, -0.2) is 17.5 Å². The molecule has 1 aromatic rings. The third kappa shape index (κ3) is 2.15. The maximum absolute atomic E-state index is 11.2. The molecule has 0 aliphatic heterocycles. The van der Waals surface area contributed by atoms with Gasteiger partial charge in [0.25, 0.3) is 0 Å². The molecule has 2 nitrogen and oxygen atoms in total. The molecule has 2 unspecified atom stereocenters. The van der Waals surface area contributed by atoms with Crippen LogP contribution in [0.25, 0.3) is 0 Å². The van der Waals surface area contributed by atoms with Gasteiger partial charge in [0.1, 0.15) is 6.29 Å². The molecule has 24 heavy (non-hydrogen) atoms. The lowest BCUT2D eigenvalue weighted by molar-refractivity contribution is -0.108. The first kappa shape index (κ1) is 16.1. The number of rotatable bonds is 2. The third-order valence-corrected chi connectivity index (χ3v) is 7.30. The molecule has 1 N–H and O–H groups in total. The number of carbonyl (C=O) groups excluding carboxylic acids is 1. The van der Waals surface area contributed by atoms with E-state index in [9.17, 15) is 9.90 Å². The van der Waals surface area contributed by atoms with Gasteiger partial charge in [-0.2, -0.15) is 0 Å². The maximum atomic E-state index is 11.2. The molecule has 3 aliphatic rings. The van der Waals surface area contributed by atoms with Gasteiger partial charge in [-0.15, -0.1) is 0 Å². The Morgan fingerprint density at radius 2 is 2.12 bits per heavy atom. The van der Waals surface area contributed by atoms with Gasteiger partial charge < -0.3 is 9.90 Å². The van der Waals surface area contributed by atoms with Gasteiger partial charge in [0, 0.05) is 5.92 Å². The summed E-state index contributed by atoms with van der Waals surface area (Å²) >= 11 is 0. The summed E-state index contributed by atoms with van der Waals surface area (Å²) < 4.78 is 0. The summed E-state index contributed by atoms with van der Waals surface area (Å²) in [6.07, 6.45) is 8.47. The Kier molecular flexibility index (Phi) is 3.72. The second-order valence-corrected chi connectivity index (χ2v) is 8.47. The SMILES string of the molecule is Cc1c([C@H](C)C=O)ccc2c1CC1C2CC=C2C[C@@H](O)CC[C@@]21C. The van der Waals surface area contributed by atoms with E-state index in [2.05, 4.69) is 32.1 Å². The number of aliphatic hydroxyl groups is 1. The Labute approximate surface area is 145 Å². The van der Waals surface area contributed by atoms with Gasteiger partial charge in [-0.05, 0) is 78.5 Å². The van der Waals surface area contributed by atoms with Gasteiger partial charge in [0.2, 0.25) is 0 Å². The van der Waals surface area contributed by atoms with E-state index < -0.39 is 0 Å². The summed E-state index contributed by atoms with van der Waals surface area (Å²) in [7, 11) is 0. The van der Waals surface area contributed by atoms with Crippen LogP contribution in [-0.2, 0) is 11.2 Å². The average molecular weight is 324 g/mol. The monoisotopic (exact) mass is 324 g/mol. The van der Waals surface area contributed by atoms with Crippen LogP contribution in [0.4, 0.5) is 0 Å². The van der Waals surface area contributed by atoms with Crippen molar-refractivity contribution in [1.82, 2.24) is 0 Å². The second-order valence-electron chi connectivity index (χ2n) is 8.47. The fourth-order valence-corrected chi connectivity index (χ4v) is 5.75. The van der Waals surface area contributed by atoms with Crippen LogP contribution in [0.2, 0.25) is 0 Å². The highest BCUT2D eigenvalue weighted by Gasteiger charge is 2.50. The molecule has 0 amide bonds. The van der Waals surface area contributed by atoms with Crippen LogP contribution in [0.5, 0.6) is 0 Å². The van der Waals surface area contributed by atoms with Crippen molar-refractivity contribution >= 4 is 6.29 Å². The van der Waals surface area contributed by atoms with Crippen molar-refractivity contribution in [2.24, 2.45) is 11.3 Å². The number of benzene rings is 1. The molecule has 5 atom stereocenters. The van der Waals surface area contributed by atoms with E-state index in [1.54, 1.807) is 0 Å². The van der Waals surface area contributed by atoms with Crippen molar-refractivity contribution < 1.29 is 9.90 Å². The van der Waals surface area contributed by atoms with Crippen LogP contribution in [0.15, 0.2) is 23.8 Å². The average Bonchev–Trinajstić information content (AvgIpc) is 2.96. The van der Waals surface area contributed by atoms with E-state index in [-0.39, 0.29) is 17.4 Å². The van der Waals surface area contributed by atoms with Crippen molar-refractivity contribution in [1.29, 1.82) is 0 Å². The first-order valence-corrected chi connectivity index (χ1v) is 9.41. The van der Waals surface area contributed by atoms with Crippen LogP contribution >= 0.6 is 0 Å². The standard InChI is InChI=1S/C22H28O2/c1-13(12-23)17-6-7-18-19-5-4-15-10-16(24)8-9-22(15,3)21(19)11-20(18)14(17)2/h4,6-7,12-13,16,19,21,24H,5,8-11H2,1-3H3/t13-,16+,19?,21?,22+/m1/s1. The van der Waals surface area contributed by atoms with Crippen LogP contribution in [0.3, 0.4) is 0 Å². The fraction of sp³-hybridized carbons (Fsp3) is 0.591. The Balaban J connectivity index is 1.74. The maximum Gasteiger partial charge on any atom is 0.127 e. The van der Waals surface area contributed by atoms with Crippen LogP contribution < -0.4 is 0 Å². The van der Waals surface area contributed by atoms with Crippen molar-refractivity contribution in [3.05, 3.63) is 46.0 Å². The number of hydrogen-bond donors (Lipinski definition) is 1. The highest BCUT2D eigenvalue weighted by molar-refractivity contribution is 5.64. The van der Waals surface area contributed by atoms with E-state index in [1.165, 1.54) is 27.8 Å². The number of allylic oxidation sites excluding steroid dienone is 1. The fourth-order valence-electron chi connectivity index (χ4n) is 5.75. The molecular weight excluding hydrogens is 296 g/mol. The summed E-state index contributed by atoms with van der Waals surface area (Å²) in [4.78, 5) is 11.2. The topological polar surface area (TPSA) is 37.3 Å². The largest absolute Gasteiger partial charge is 0.393 e. The number of fused-ring (bicyclic) bond motifs is 5. The molecule has 0 heterocycles. The van der Waals surface area contributed by atoms with Crippen molar-refractivity contribution in [3.63, 3.8) is 0 Å². The quantitative estimate of drug-likeness (QED) is 0.645. The van der Waals surface area contributed by atoms with E-state index in [0.717, 1.165) is 38.4 Å². The molecule has 4 rings (SSSR count). The van der Waals surface area contributed by atoms with Crippen LogP contribution in [0, 0.1) is 18.3 Å². The summed E-state index contributed by atoms with van der Waals surface area (Å²) in [5.74, 6) is 1.25. The zero-order valence-corrected chi connectivity index (χ0v) is 15.0. The molecule has 1 saturated carbocycles. The van der Waals surface area contributed by atoms with Gasteiger partial charge in [0.05, 0.1) is 6.10 Å². The minimum atomic E-state index is -0.147. The number of carbonyl (C=O) groups is 1. The Hall–Kier alpha value is -1.41. The second kappa shape index (κ2) is 5.56. The first-order chi connectivity index (χ1) is 11.5. The Morgan fingerprint density at radius 3 is 2.88 bits per heavy atom. The Bertz CT molecular complexity index is 717. The molecule has 0 saturated heterocycles. The molecule has 0 spiro atoms. The smallest absolute Gasteiger partial charge is 0.127 e. The number of aldehydes is 1. The molecule has 1 aromatic carbocycles. The van der Waals surface area contributed by atoms with Gasteiger partial charge in [-0.3, -0.25) is 0 Å². The van der Waals surface area contributed by atoms with Crippen molar-refractivity contribution in [2.45, 2.75) is 70.8 Å². The van der Waals surface area contributed by atoms with E-state index in [4.69, 9.17) is 0 Å². The molecule has 128 valence electrons. The molecule has 0 radical (unpaired) electrons.